The van der Waals surface area contributed by atoms with Crippen molar-refractivity contribution in [2.24, 2.45) is 5.73 Å². The third-order valence-electron chi connectivity index (χ3n) is 1.45. The van der Waals surface area contributed by atoms with E-state index in [0.717, 1.165) is 24.4 Å². The summed E-state index contributed by atoms with van der Waals surface area (Å²) in [5.41, 5.74) is 7.59. The lowest BCUT2D eigenvalue weighted by Crippen LogP contribution is -2.24. The maximum atomic E-state index is 5.63. The molecule has 1 heterocycles. The van der Waals surface area contributed by atoms with Gasteiger partial charge in [-0.2, -0.15) is 0 Å². The molecule has 1 rings (SSSR count). The van der Waals surface area contributed by atoms with Crippen LogP contribution in [0.25, 0.3) is 0 Å². The summed E-state index contributed by atoms with van der Waals surface area (Å²) in [6.45, 7) is 1.40. The average molecular weight is 128 g/mol. The van der Waals surface area contributed by atoms with E-state index < -0.39 is 0 Å². The van der Waals surface area contributed by atoms with Crippen molar-refractivity contribution in [3.05, 3.63) is 11.4 Å². The van der Waals surface area contributed by atoms with Gasteiger partial charge in [0.1, 0.15) is 0 Å². The molecule has 0 aromatic rings. The van der Waals surface area contributed by atoms with Crippen molar-refractivity contribution < 1.29 is 4.74 Å². The topological polar surface area (TPSA) is 47.3 Å². The third-order valence-corrected chi connectivity index (χ3v) is 1.45. The number of nitrogens with two attached hydrogens (primary N) is 1. The smallest absolute Gasteiger partial charge is 0.0879 e. The molecule has 0 aromatic carbocycles. The fraction of sp³-hybridized carbons (Fsp3) is 0.667. The average Bonchev–Trinajstić information content (AvgIpc) is 1.89. The van der Waals surface area contributed by atoms with Crippen LogP contribution >= 0.6 is 0 Å². The Morgan fingerprint density at radius 2 is 2.44 bits per heavy atom. The van der Waals surface area contributed by atoms with Crippen LogP contribution in [0.3, 0.4) is 0 Å². The van der Waals surface area contributed by atoms with Gasteiger partial charge in [-0.15, -0.1) is 0 Å². The van der Waals surface area contributed by atoms with Crippen LogP contribution < -0.4 is 11.1 Å². The molecule has 0 fully saturated rings. The minimum Gasteiger partial charge on any atom is -0.401 e. The Kier molecular flexibility index (Phi) is 1.95. The van der Waals surface area contributed by atoms with E-state index in [4.69, 9.17) is 10.5 Å². The van der Waals surface area contributed by atoms with Crippen molar-refractivity contribution in [2.45, 2.75) is 6.42 Å². The zero-order valence-corrected chi connectivity index (χ0v) is 5.61. The Labute approximate surface area is 54.9 Å². The molecule has 1 aliphatic rings. The third kappa shape index (κ3) is 1.36. The number of hydrogen-bond acceptors (Lipinski definition) is 3. The lowest BCUT2D eigenvalue weighted by atomic mass is 10.2. The van der Waals surface area contributed by atoms with Crippen LogP contribution in [0.1, 0.15) is 6.42 Å². The number of hydrogen-bond donors (Lipinski definition) is 2. The van der Waals surface area contributed by atoms with Gasteiger partial charge in [0.15, 0.2) is 0 Å². The highest BCUT2D eigenvalue weighted by Gasteiger charge is 2.06. The number of rotatable bonds is 1. The highest BCUT2D eigenvalue weighted by Crippen LogP contribution is 2.06. The summed E-state index contributed by atoms with van der Waals surface area (Å²) >= 11 is 0. The van der Waals surface area contributed by atoms with E-state index in [-0.39, 0.29) is 0 Å². The van der Waals surface area contributed by atoms with Gasteiger partial charge in [0.25, 0.3) is 0 Å². The zero-order chi connectivity index (χ0) is 6.69. The van der Waals surface area contributed by atoms with E-state index in [2.05, 4.69) is 5.32 Å². The molecule has 3 N–H and O–H groups in total. The summed E-state index contributed by atoms with van der Waals surface area (Å²) in [7, 11) is 1.86. The molecule has 0 atom stereocenters. The molecule has 0 aliphatic carbocycles. The molecule has 0 amide bonds. The second-order valence-corrected chi connectivity index (χ2v) is 2.06. The highest BCUT2D eigenvalue weighted by atomic mass is 16.5. The van der Waals surface area contributed by atoms with E-state index in [1.165, 1.54) is 0 Å². The number of likely N-dealkylation sites (N-methyl/N-ethyl adjacent to an activating group) is 1. The predicted octanol–water partition coefficient (Wildman–Crippen LogP) is -0.204. The fourth-order valence-electron chi connectivity index (χ4n) is 0.833. The standard InChI is InChI=1S/C6H12N2O/c1-8-6-4-9-3-2-5(6)7/h8H,2-4,7H2,1H3. The maximum absolute atomic E-state index is 5.63. The Bertz CT molecular complexity index is 131. The summed E-state index contributed by atoms with van der Waals surface area (Å²) in [5.74, 6) is 0. The molecule has 0 spiro atoms. The van der Waals surface area contributed by atoms with E-state index in [0.29, 0.717) is 6.61 Å². The van der Waals surface area contributed by atoms with Crippen LogP contribution in [0.4, 0.5) is 0 Å². The van der Waals surface area contributed by atoms with E-state index in [1.807, 2.05) is 7.05 Å². The first-order valence-electron chi connectivity index (χ1n) is 3.07. The minimum absolute atomic E-state index is 0.641. The Hall–Kier alpha value is -0.700. The Balaban J connectivity index is 2.59. The molecule has 0 saturated carbocycles. The lowest BCUT2D eigenvalue weighted by Gasteiger charge is -2.16. The molecular formula is C6H12N2O. The second-order valence-electron chi connectivity index (χ2n) is 2.06. The Morgan fingerprint density at radius 1 is 1.67 bits per heavy atom. The SMILES string of the molecule is CNC1=C(N)CCOC1. The van der Waals surface area contributed by atoms with Crippen molar-refractivity contribution in [1.29, 1.82) is 0 Å². The van der Waals surface area contributed by atoms with Gasteiger partial charge >= 0.3 is 0 Å². The van der Waals surface area contributed by atoms with Crippen molar-refractivity contribution in [3.63, 3.8) is 0 Å². The zero-order valence-electron chi connectivity index (χ0n) is 5.61. The van der Waals surface area contributed by atoms with Gasteiger partial charge in [0.05, 0.1) is 18.9 Å². The highest BCUT2D eigenvalue weighted by molar-refractivity contribution is 5.11. The van der Waals surface area contributed by atoms with Crippen molar-refractivity contribution in [1.82, 2.24) is 5.32 Å². The molecule has 1 aliphatic heterocycles. The van der Waals surface area contributed by atoms with Crippen LogP contribution in [0.15, 0.2) is 11.4 Å². The normalized spacial score (nSPS) is 20.1. The van der Waals surface area contributed by atoms with Gasteiger partial charge in [-0.05, 0) is 0 Å². The monoisotopic (exact) mass is 128 g/mol. The summed E-state index contributed by atoms with van der Waals surface area (Å²) in [6.07, 6.45) is 0.857. The van der Waals surface area contributed by atoms with Crippen LogP contribution in [-0.2, 0) is 4.74 Å². The summed E-state index contributed by atoms with van der Waals surface area (Å²) in [5, 5.41) is 2.98. The quantitative estimate of drug-likeness (QED) is 0.514. The molecule has 0 unspecified atom stereocenters. The fourth-order valence-corrected chi connectivity index (χ4v) is 0.833. The first kappa shape index (κ1) is 6.42. The lowest BCUT2D eigenvalue weighted by molar-refractivity contribution is 0.141. The number of nitrogens with one attached hydrogen (secondary N) is 1. The molecule has 3 heteroatoms. The molecule has 0 aromatic heterocycles. The van der Waals surface area contributed by atoms with E-state index in [9.17, 15) is 0 Å². The van der Waals surface area contributed by atoms with E-state index >= 15 is 0 Å². The molecule has 0 saturated heterocycles. The van der Waals surface area contributed by atoms with Gasteiger partial charge in [0.2, 0.25) is 0 Å². The molecule has 52 valence electrons. The molecular weight excluding hydrogens is 116 g/mol. The van der Waals surface area contributed by atoms with Crippen LogP contribution in [-0.4, -0.2) is 20.3 Å². The first-order valence-corrected chi connectivity index (χ1v) is 3.07. The number of ether oxygens (including phenoxy) is 1. The van der Waals surface area contributed by atoms with Gasteiger partial charge in [0, 0.05) is 19.2 Å². The largest absolute Gasteiger partial charge is 0.401 e. The minimum atomic E-state index is 0.641. The van der Waals surface area contributed by atoms with E-state index in [1.54, 1.807) is 0 Å². The Morgan fingerprint density at radius 3 is 2.89 bits per heavy atom. The van der Waals surface area contributed by atoms with Crippen LogP contribution in [0.5, 0.6) is 0 Å². The maximum Gasteiger partial charge on any atom is 0.0879 e. The van der Waals surface area contributed by atoms with Crippen molar-refractivity contribution in [2.75, 3.05) is 20.3 Å². The van der Waals surface area contributed by atoms with Gasteiger partial charge < -0.3 is 15.8 Å². The molecule has 9 heavy (non-hydrogen) atoms. The van der Waals surface area contributed by atoms with Crippen molar-refractivity contribution >= 4 is 0 Å². The summed E-state index contributed by atoms with van der Waals surface area (Å²) in [4.78, 5) is 0. The van der Waals surface area contributed by atoms with Crippen molar-refractivity contribution in [3.8, 4) is 0 Å². The van der Waals surface area contributed by atoms with Gasteiger partial charge in [-0.3, -0.25) is 0 Å². The van der Waals surface area contributed by atoms with Gasteiger partial charge in [-0.25, -0.2) is 0 Å². The predicted molar refractivity (Wildman–Crippen MR) is 35.7 cm³/mol. The molecule has 0 bridgehead atoms. The van der Waals surface area contributed by atoms with Crippen LogP contribution in [0, 0.1) is 0 Å². The first-order chi connectivity index (χ1) is 4.34. The van der Waals surface area contributed by atoms with Crippen LogP contribution in [0.2, 0.25) is 0 Å². The molecule has 3 nitrogen and oxygen atoms in total. The summed E-state index contributed by atoms with van der Waals surface area (Å²) in [6, 6.07) is 0. The van der Waals surface area contributed by atoms with Gasteiger partial charge in [-0.1, -0.05) is 0 Å². The molecule has 0 radical (unpaired) electrons. The summed E-state index contributed by atoms with van der Waals surface area (Å²) < 4.78 is 5.14. The second kappa shape index (κ2) is 2.73.